The average Bonchev–Trinajstić information content (AvgIpc) is 2.51. The predicted molar refractivity (Wildman–Crippen MR) is 89.5 cm³/mol. The van der Waals surface area contributed by atoms with Crippen molar-refractivity contribution in [2.75, 3.05) is 6.61 Å². The van der Waals surface area contributed by atoms with Gasteiger partial charge in [0.25, 0.3) is 5.91 Å². The highest BCUT2D eigenvalue weighted by atomic mass is 35.5. The van der Waals surface area contributed by atoms with E-state index >= 15 is 0 Å². The van der Waals surface area contributed by atoms with Crippen LogP contribution in [0.2, 0.25) is 5.15 Å². The van der Waals surface area contributed by atoms with E-state index in [0.29, 0.717) is 22.4 Å². The highest BCUT2D eigenvalue weighted by Gasteiger charge is 2.16. The van der Waals surface area contributed by atoms with Gasteiger partial charge in [0.15, 0.2) is 6.61 Å². The summed E-state index contributed by atoms with van der Waals surface area (Å²) in [5.41, 5.74) is 0.898. The van der Waals surface area contributed by atoms with Crippen LogP contribution in [0, 0.1) is 5.92 Å². The van der Waals surface area contributed by atoms with Crippen LogP contribution in [0.4, 0.5) is 0 Å². The molecule has 1 N–H and O–H groups in total. The number of para-hydroxylation sites is 1. The molecule has 122 valence electrons. The highest BCUT2D eigenvalue weighted by molar-refractivity contribution is 6.30. The summed E-state index contributed by atoms with van der Waals surface area (Å²) in [7, 11) is 0. The fraction of sp³-hybridized carbons (Fsp3) is 0.353. The first kappa shape index (κ1) is 17.2. The quantitative estimate of drug-likeness (QED) is 0.673. The van der Waals surface area contributed by atoms with E-state index in [0.717, 1.165) is 0 Å². The molecule has 0 aliphatic heterocycles. The van der Waals surface area contributed by atoms with Gasteiger partial charge < -0.3 is 10.1 Å². The van der Waals surface area contributed by atoms with Gasteiger partial charge in [-0.2, -0.15) is 0 Å². The number of halogens is 1. The number of hydrogen-bond acceptors (Lipinski definition) is 4. The summed E-state index contributed by atoms with van der Waals surface area (Å²) in [4.78, 5) is 28.2. The second-order valence-corrected chi connectivity index (χ2v) is 6.07. The summed E-state index contributed by atoms with van der Waals surface area (Å²) < 4.78 is 5.10. The highest BCUT2D eigenvalue weighted by Crippen LogP contribution is 2.21. The van der Waals surface area contributed by atoms with Gasteiger partial charge in [0.2, 0.25) is 0 Å². The molecule has 1 aromatic carbocycles. The van der Waals surface area contributed by atoms with Crippen molar-refractivity contribution in [2.24, 2.45) is 5.92 Å². The summed E-state index contributed by atoms with van der Waals surface area (Å²) in [5.74, 6) is -0.626. The van der Waals surface area contributed by atoms with Gasteiger partial charge in [-0.25, -0.2) is 9.78 Å². The van der Waals surface area contributed by atoms with Crippen molar-refractivity contribution >= 4 is 34.4 Å². The van der Waals surface area contributed by atoms with Crippen molar-refractivity contribution in [3.05, 3.63) is 41.0 Å². The Labute approximate surface area is 140 Å². The van der Waals surface area contributed by atoms with E-state index in [1.165, 1.54) is 6.07 Å². The van der Waals surface area contributed by atoms with Crippen LogP contribution in [0.15, 0.2) is 30.3 Å². The number of carbonyl (C=O) groups excluding carboxylic acids is 2. The van der Waals surface area contributed by atoms with Crippen molar-refractivity contribution in [3.8, 4) is 0 Å². The zero-order chi connectivity index (χ0) is 17.0. The van der Waals surface area contributed by atoms with Gasteiger partial charge in [0.1, 0.15) is 5.15 Å². The summed E-state index contributed by atoms with van der Waals surface area (Å²) in [6.07, 6.45) is 0. The van der Waals surface area contributed by atoms with E-state index in [4.69, 9.17) is 16.3 Å². The number of nitrogens with one attached hydrogen (secondary N) is 1. The molecule has 6 heteroatoms. The maximum absolute atomic E-state index is 12.2. The van der Waals surface area contributed by atoms with Gasteiger partial charge in [-0.3, -0.25) is 4.79 Å². The van der Waals surface area contributed by atoms with Gasteiger partial charge in [-0.05, 0) is 25.0 Å². The topological polar surface area (TPSA) is 68.3 Å². The zero-order valence-corrected chi connectivity index (χ0v) is 14.1. The molecule has 0 aliphatic carbocycles. The Kier molecular flexibility index (Phi) is 5.55. The third-order valence-electron chi connectivity index (χ3n) is 3.63. The molecule has 2 rings (SSSR count). The van der Waals surface area contributed by atoms with Crippen molar-refractivity contribution in [3.63, 3.8) is 0 Å². The van der Waals surface area contributed by atoms with Crippen molar-refractivity contribution in [1.29, 1.82) is 0 Å². The van der Waals surface area contributed by atoms with E-state index in [1.54, 1.807) is 18.2 Å². The monoisotopic (exact) mass is 334 g/mol. The molecule has 5 nitrogen and oxygen atoms in total. The van der Waals surface area contributed by atoms with Gasteiger partial charge in [-0.15, -0.1) is 0 Å². The molecule has 0 radical (unpaired) electrons. The van der Waals surface area contributed by atoms with Crippen LogP contribution in [0.3, 0.4) is 0 Å². The van der Waals surface area contributed by atoms with Crippen LogP contribution in [0.5, 0.6) is 0 Å². The van der Waals surface area contributed by atoms with Crippen LogP contribution < -0.4 is 5.32 Å². The van der Waals surface area contributed by atoms with E-state index < -0.39 is 5.97 Å². The number of ether oxygens (including phenoxy) is 1. The maximum atomic E-state index is 12.2. The number of fused-ring (bicyclic) bond motifs is 1. The minimum absolute atomic E-state index is 0.0115. The Morgan fingerprint density at radius 1 is 1.26 bits per heavy atom. The lowest BCUT2D eigenvalue weighted by Crippen LogP contribution is -2.38. The lowest BCUT2D eigenvalue weighted by atomic mass is 10.1. The molecule has 1 atom stereocenters. The molecule has 23 heavy (non-hydrogen) atoms. The van der Waals surface area contributed by atoms with E-state index in [2.05, 4.69) is 10.3 Å². The minimum atomic E-state index is -0.599. The Bertz CT molecular complexity index is 731. The van der Waals surface area contributed by atoms with Crippen LogP contribution in [0.1, 0.15) is 31.1 Å². The zero-order valence-electron chi connectivity index (χ0n) is 13.3. The molecule has 2 aromatic rings. The van der Waals surface area contributed by atoms with Crippen molar-refractivity contribution < 1.29 is 14.3 Å². The largest absolute Gasteiger partial charge is 0.452 e. The number of aromatic nitrogens is 1. The molecule has 0 fully saturated rings. The second kappa shape index (κ2) is 7.42. The average molecular weight is 335 g/mol. The normalized spacial score (nSPS) is 12.2. The van der Waals surface area contributed by atoms with Crippen molar-refractivity contribution in [1.82, 2.24) is 10.3 Å². The smallest absolute Gasteiger partial charge is 0.339 e. The molecule has 0 saturated carbocycles. The lowest BCUT2D eigenvalue weighted by Gasteiger charge is -2.17. The van der Waals surface area contributed by atoms with Gasteiger partial charge >= 0.3 is 5.97 Å². The molecule has 1 heterocycles. The summed E-state index contributed by atoms with van der Waals surface area (Å²) in [6.45, 7) is 5.58. The fourth-order valence-corrected chi connectivity index (χ4v) is 2.18. The number of esters is 1. The van der Waals surface area contributed by atoms with Gasteiger partial charge in [-0.1, -0.05) is 43.6 Å². The van der Waals surface area contributed by atoms with Crippen LogP contribution in [0.25, 0.3) is 10.9 Å². The summed E-state index contributed by atoms with van der Waals surface area (Å²) >= 11 is 5.94. The predicted octanol–water partition coefficient (Wildman–Crippen LogP) is 3.21. The van der Waals surface area contributed by atoms with Gasteiger partial charge in [0, 0.05) is 11.4 Å². The molecule has 0 unspecified atom stereocenters. The first-order valence-corrected chi connectivity index (χ1v) is 7.78. The Morgan fingerprint density at radius 3 is 2.65 bits per heavy atom. The number of rotatable bonds is 5. The van der Waals surface area contributed by atoms with E-state index in [-0.39, 0.29) is 23.7 Å². The van der Waals surface area contributed by atoms with Crippen LogP contribution in [-0.4, -0.2) is 29.5 Å². The Hall–Kier alpha value is -2.14. The molecule has 0 saturated heterocycles. The number of carbonyl (C=O) groups is 2. The second-order valence-electron chi connectivity index (χ2n) is 5.69. The Balaban J connectivity index is 2.08. The lowest BCUT2D eigenvalue weighted by molar-refractivity contribution is -0.125. The SMILES string of the molecule is CC(C)[C@@H](C)NC(=O)COC(=O)c1cc(Cl)nc2ccccc12. The number of benzene rings is 1. The number of pyridine rings is 1. The maximum Gasteiger partial charge on any atom is 0.339 e. The minimum Gasteiger partial charge on any atom is -0.452 e. The summed E-state index contributed by atoms with van der Waals surface area (Å²) in [5, 5.41) is 3.62. The van der Waals surface area contributed by atoms with E-state index in [9.17, 15) is 9.59 Å². The van der Waals surface area contributed by atoms with Crippen molar-refractivity contribution in [2.45, 2.75) is 26.8 Å². The number of amides is 1. The third kappa shape index (κ3) is 4.42. The van der Waals surface area contributed by atoms with Crippen LogP contribution in [-0.2, 0) is 9.53 Å². The molecule has 0 spiro atoms. The summed E-state index contributed by atoms with van der Waals surface area (Å²) in [6, 6.07) is 8.58. The van der Waals surface area contributed by atoms with Gasteiger partial charge in [0.05, 0.1) is 11.1 Å². The number of nitrogens with zero attached hydrogens (tertiary/aromatic N) is 1. The molecular weight excluding hydrogens is 316 g/mol. The molecule has 0 bridgehead atoms. The fourth-order valence-electron chi connectivity index (χ4n) is 1.98. The Morgan fingerprint density at radius 2 is 1.96 bits per heavy atom. The third-order valence-corrected chi connectivity index (χ3v) is 3.82. The van der Waals surface area contributed by atoms with E-state index in [1.807, 2.05) is 26.8 Å². The number of hydrogen-bond donors (Lipinski definition) is 1. The van der Waals surface area contributed by atoms with Crippen LogP contribution >= 0.6 is 11.6 Å². The standard InChI is InChI=1S/C17H19ClN2O3/c1-10(2)11(3)19-16(21)9-23-17(22)13-8-15(18)20-14-7-5-4-6-12(13)14/h4-8,10-11H,9H2,1-3H3,(H,19,21)/t11-/m1/s1. The molecule has 1 amide bonds. The molecule has 1 aromatic heterocycles. The molecular formula is C17H19ClN2O3. The first-order chi connectivity index (χ1) is 10.9. The molecule has 0 aliphatic rings. The first-order valence-electron chi connectivity index (χ1n) is 7.40.